The van der Waals surface area contributed by atoms with E-state index in [-0.39, 0.29) is 23.3 Å². The maximum Gasteiger partial charge on any atom is 0.252 e. The van der Waals surface area contributed by atoms with Crippen molar-refractivity contribution in [2.24, 2.45) is 5.92 Å². The Morgan fingerprint density at radius 3 is 2.84 bits per heavy atom. The lowest BCUT2D eigenvalue weighted by Crippen LogP contribution is -2.22. The van der Waals surface area contributed by atoms with Crippen LogP contribution in [-0.4, -0.2) is 25.7 Å². The fraction of sp³-hybridized carbons (Fsp3) is 0.294. The molecule has 3 aromatic heterocycles. The van der Waals surface area contributed by atoms with Crippen molar-refractivity contribution in [3.05, 3.63) is 46.6 Å². The standard InChI is InChI=1S/C17H19N5O3/c1-4-11-8-15(23)20-17(18-11)22-14(19-16(24)10(2)3)9-12(21-22)13-6-5-7-25-13/h5-10H,4H2,1-3H3,(H,19,24)(H,18,20,23). The quantitative estimate of drug-likeness (QED) is 0.741. The third kappa shape index (κ3) is 3.52. The smallest absolute Gasteiger partial charge is 0.252 e. The van der Waals surface area contributed by atoms with Crippen molar-refractivity contribution in [3.8, 4) is 17.4 Å². The second kappa shape index (κ2) is 6.76. The highest BCUT2D eigenvalue weighted by atomic mass is 16.3. The SMILES string of the molecule is CCc1cc(=O)[nH]c(-n2nc(-c3ccco3)cc2NC(=O)C(C)C)n1. The van der Waals surface area contributed by atoms with Gasteiger partial charge in [-0.3, -0.25) is 14.6 Å². The molecule has 0 aromatic carbocycles. The molecule has 0 bridgehead atoms. The van der Waals surface area contributed by atoms with Crippen molar-refractivity contribution in [2.75, 3.05) is 5.32 Å². The summed E-state index contributed by atoms with van der Waals surface area (Å²) in [5.74, 6) is 0.820. The maximum absolute atomic E-state index is 12.1. The van der Waals surface area contributed by atoms with Gasteiger partial charge in [-0.15, -0.1) is 0 Å². The third-order valence-corrected chi connectivity index (χ3v) is 3.60. The second-order valence-electron chi connectivity index (χ2n) is 5.86. The molecule has 3 heterocycles. The Balaban J connectivity index is 2.11. The molecule has 0 aliphatic heterocycles. The first-order chi connectivity index (χ1) is 12.0. The van der Waals surface area contributed by atoms with E-state index in [4.69, 9.17) is 4.42 Å². The first kappa shape index (κ1) is 16.7. The Morgan fingerprint density at radius 1 is 1.40 bits per heavy atom. The van der Waals surface area contributed by atoms with E-state index >= 15 is 0 Å². The molecule has 0 saturated carbocycles. The van der Waals surface area contributed by atoms with Crippen LogP contribution in [0.25, 0.3) is 17.4 Å². The summed E-state index contributed by atoms with van der Waals surface area (Å²) in [4.78, 5) is 31.0. The molecule has 0 unspecified atom stereocenters. The Morgan fingerprint density at radius 2 is 2.20 bits per heavy atom. The van der Waals surface area contributed by atoms with Crippen LogP contribution in [0, 0.1) is 5.92 Å². The number of hydrogen-bond donors (Lipinski definition) is 2. The molecule has 3 aromatic rings. The zero-order valence-electron chi connectivity index (χ0n) is 14.2. The summed E-state index contributed by atoms with van der Waals surface area (Å²) in [6.07, 6.45) is 2.15. The number of amides is 1. The molecule has 2 N–H and O–H groups in total. The largest absolute Gasteiger partial charge is 0.463 e. The highest BCUT2D eigenvalue weighted by Gasteiger charge is 2.18. The zero-order valence-corrected chi connectivity index (χ0v) is 14.2. The van der Waals surface area contributed by atoms with Crippen molar-refractivity contribution < 1.29 is 9.21 Å². The van der Waals surface area contributed by atoms with Crippen LogP contribution in [0.3, 0.4) is 0 Å². The summed E-state index contributed by atoms with van der Waals surface area (Å²) >= 11 is 0. The molecule has 0 saturated heterocycles. The van der Waals surface area contributed by atoms with Crippen LogP contribution in [0.1, 0.15) is 26.5 Å². The van der Waals surface area contributed by atoms with E-state index in [1.54, 1.807) is 38.3 Å². The van der Waals surface area contributed by atoms with E-state index in [9.17, 15) is 9.59 Å². The highest BCUT2D eigenvalue weighted by molar-refractivity contribution is 5.92. The number of carbonyl (C=O) groups is 1. The Hall–Kier alpha value is -3.16. The normalized spacial score (nSPS) is 11.0. The summed E-state index contributed by atoms with van der Waals surface area (Å²) in [6.45, 7) is 5.49. The van der Waals surface area contributed by atoms with Gasteiger partial charge in [0.2, 0.25) is 11.9 Å². The molecule has 3 rings (SSSR count). The lowest BCUT2D eigenvalue weighted by molar-refractivity contribution is -0.118. The van der Waals surface area contributed by atoms with Crippen molar-refractivity contribution >= 4 is 11.7 Å². The number of aromatic nitrogens is 4. The lowest BCUT2D eigenvalue weighted by Gasteiger charge is -2.10. The van der Waals surface area contributed by atoms with Gasteiger partial charge in [-0.1, -0.05) is 20.8 Å². The number of nitrogens with one attached hydrogen (secondary N) is 2. The van der Waals surface area contributed by atoms with Crippen LogP contribution in [-0.2, 0) is 11.2 Å². The molecule has 0 radical (unpaired) electrons. The number of furan rings is 1. The number of rotatable bonds is 5. The molecule has 0 spiro atoms. The zero-order chi connectivity index (χ0) is 18.0. The summed E-state index contributed by atoms with van der Waals surface area (Å²) in [5, 5.41) is 7.23. The Labute approximate surface area is 143 Å². The average Bonchev–Trinajstić information content (AvgIpc) is 3.23. The monoisotopic (exact) mass is 341 g/mol. The number of H-pyrrole nitrogens is 1. The minimum absolute atomic E-state index is 0.166. The lowest BCUT2D eigenvalue weighted by atomic mass is 10.2. The van der Waals surface area contributed by atoms with Crippen LogP contribution in [0.4, 0.5) is 5.82 Å². The molecule has 0 aliphatic carbocycles. The van der Waals surface area contributed by atoms with Gasteiger partial charge < -0.3 is 9.73 Å². The molecule has 8 heteroatoms. The summed E-state index contributed by atoms with van der Waals surface area (Å²) in [7, 11) is 0. The van der Waals surface area contributed by atoms with Gasteiger partial charge in [-0.05, 0) is 18.6 Å². The number of nitrogens with zero attached hydrogens (tertiary/aromatic N) is 3. The molecule has 0 atom stereocenters. The fourth-order valence-corrected chi connectivity index (χ4v) is 2.22. The van der Waals surface area contributed by atoms with E-state index in [1.807, 2.05) is 6.92 Å². The number of aryl methyl sites for hydroxylation is 1. The molecule has 25 heavy (non-hydrogen) atoms. The third-order valence-electron chi connectivity index (χ3n) is 3.60. The number of aromatic amines is 1. The van der Waals surface area contributed by atoms with Gasteiger partial charge in [0.1, 0.15) is 11.5 Å². The van der Waals surface area contributed by atoms with Gasteiger partial charge in [-0.2, -0.15) is 9.78 Å². The first-order valence-electron chi connectivity index (χ1n) is 8.03. The van der Waals surface area contributed by atoms with Crippen molar-refractivity contribution in [1.29, 1.82) is 0 Å². The van der Waals surface area contributed by atoms with Gasteiger partial charge >= 0.3 is 0 Å². The topological polar surface area (TPSA) is 106 Å². The van der Waals surface area contributed by atoms with Gasteiger partial charge in [0.15, 0.2) is 5.76 Å². The maximum atomic E-state index is 12.1. The second-order valence-corrected chi connectivity index (χ2v) is 5.86. The van der Waals surface area contributed by atoms with Crippen molar-refractivity contribution in [3.63, 3.8) is 0 Å². The summed E-state index contributed by atoms with van der Waals surface area (Å²) in [6, 6.07) is 6.63. The molecule has 0 fully saturated rings. The van der Waals surface area contributed by atoms with Crippen LogP contribution in [0.5, 0.6) is 0 Å². The van der Waals surface area contributed by atoms with E-state index in [0.29, 0.717) is 29.4 Å². The molecular weight excluding hydrogens is 322 g/mol. The minimum Gasteiger partial charge on any atom is -0.463 e. The molecule has 0 aliphatic rings. The van der Waals surface area contributed by atoms with E-state index in [1.165, 1.54) is 10.7 Å². The van der Waals surface area contributed by atoms with E-state index in [0.717, 1.165) is 0 Å². The van der Waals surface area contributed by atoms with Gasteiger partial charge in [-0.25, -0.2) is 4.98 Å². The Bertz CT molecular complexity index is 938. The van der Waals surface area contributed by atoms with Crippen LogP contribution in [0.15, 0.2) is 39.7 Å². The number of hydrogen-bond acceptors (Lipinski definition) is 5. The number of carbonyl (C=O) groups excluding carboxylic acids is 1. The van der Waals surface area contributed by atoms with Crippen molar-refractivity contribution in [2.45, 2.75) is 27.2 Å². The van der Waals surface area contributed by atoms with Gasteiger partial charge in [0.25, 0.3) is 5.56 Å². The van der Waals surface area contributed by atoms with Crippen LogP contribution < -0.4 is 10.9 Å². The van der Waals surface area contributed by atoms with Gasteiger partial charge in [0.05, 0.1) is 6.26 Å². The number of anilines is 1. The Kier molecular flexibility index (Phi) is 4.51. The van der Waals surface area contributed by atoms with Crippen molar-refractivity contribution in [1.82, 2.24) is 19.7 Å². The predicted octanol–water partition coefficient (Wildman–Crippen LogP) is 2.37. The van der Waals surface area contributed by atoms with Crippen LogP contribution in [0.2, 0.25) is 0 Å². The highest BCUT2D eigenvalue weighted by Crippen LogP contribution is 2.24. The van der Waals surface area contributed by atoms with E-state index < -0.39 is 0 Å². The molecule has 1 amide bonds. The molecule has 8 nitrogen and oxygen atoms in total. The first-order valence-corrected chi connectivity index (χ1v) is 8.03. The molecular formula is C17H19N5O3. The summed E-state index contributed by atoms with van der Waals surface area (Å²) < 4.78 is 6.77. The van der Waals surface area contributed by atoms with Gasteiger partial charge in [0, 0.05) is 23.7 Å². The summed E-state index contributed by atoms with van der Waals surface area (Å²) in [5.41, 5.74) is 0.876. The average molecular weight is 341 g/mol. The predicted molar refractivity (Wildman–Crippen MR) is 92.5 cm³/mol. The van der Waals surface area contributed by atoms with E-state index in [2.05, 4.69) is 20.4 Å². The minimum atomic E-state index is -0.280. The molecule has 130 valence electrons. The fourth-order valence-electron chi connectivity index (χ4n) is 2.22. The van der Waals surface area contributed by atoms with Crippen LogP contribution >= 0.6 is 0 Å².